The summed E-state index contributed by atoms with van der Waals surface area (Å²) in [6.07, 6.45) is -3.34. The van der Waals surface area contributed by atoms with Crippen molar-refractivity contribution in [1.29, 1.82) is 0 Å². The number of pyridine rings is 1. The van der Waals surface area contributed by atoms with Crippen molar-refractivity contribution in [3.8, 4) is 0 Å². The van der Waals surface area contributed by atoms with Crippen LogP contribution in [0, 0.1) is 0 Å². The molecule has 0 aliphatic heterocycles. The van der Waals surface area contributed by atoms with E-state index in [1.807, 2.05) is 0 Å². The van der Waals surface area contributed by atoms with E-state index in [1.165, 1.54) is 6.07 Å². The second kappa shape index (κ2) is 5.29. The molecule has 0 aliphatic carbocycles. The molecule has 0 unspecified atom stereocenters. The molecular weight excluding hydrogens is 289 g/mol. The first-order chi connectivity index (χ1) is 7.43. The summed E-state index contributed by atoms with van der Waals surface area (Å²) >= 11 is 2.95. The fourth-order valence-corrected chi connectivity index (χ4v) is 1.14. The largest absolute Gasteiger partial charge is 0.433 e. The molecule has 0 fully saturated rings. The summed E-state index contributed by atoms with van der Waals surface area (Å²) in [5.74, 6) is -0.236. The summed E-state index contributed by atoms with van der Waals surface area (Å²) in [6.45, 7) is 0.162. The van der Waals surface area contributed by atoms with Crippen molar-refractivity contribution in [1.82, 2.24) is 10.3 Å². The zero-order valence-electron chi connectivity index (χ0n) is 8.01. The van der Waals surface area contributed by atoms with Crippen molar-refractivity contribution in [3.05, 3.63) is 29.6 Å². The van der Waals surface area contributed by atoms with Crippen LogP contribution in [0.2, 0.25) is 0 Å². The van der Waals surface area contributed by atoms with Crippen LogP contribution in [0.5, 0.6) is 0 Å². The summed E-state index contributed by atoms with van der Waals surface area (Å²) in [5.41, 5.74) is -0.426. The first kappa shape index (κ1) is 13.0. The lowest BCUT2D eigenvalue weighted by molar-refractivity contribution is -0.141. The minimum absolute atomic E-state index is 0.154. The average molecular weight is 297 g/mol. The summed E-state index contributed by atoms with van der Waals surface area (Å²) < 4.78 is 36.4. The highest BCUT2D eigenvalue weighted by atomic mass is 79.9. The van der Waals surface area contributed by atoms with E-state index >= 15 is 0 Å². The van der Waals surface area contributed by atoms with Gasteiger partial charge in [0.15, 0.2) is 0 Å². The minimum Gasteiger partial charge on any atom is -0.351 e. The normalized spacial score (nSPS) is 11.2. The topological polar surface area (TPSA) is 42.0 Å². The van der Waals surface area contributed by atoms with E-state index < -0.39 is 11.9 Å². The lowest BCUT2D eigenvalue weighted by atomic mass is 10.2. The van der Waals surface area contributed by atoms with Gasteiger partial charge in [-0.05, 0) is 11.6 Å². The quantitative estimate of drug-likeness (QED) is 0.868. The van der Waals surface area contributed by atoms with Crippen LogP contribution in [0.15, 0.2) is 18.3 Å². The number of hydrogen-bond acceptors (Lipinski definition) is 2. The van der Waals surface area contributed by atoms with Gasteiger partial charge in [0.05, 0.1) is 5.33 Å². The molecule has 0 aromatic carbocycles. The van der Waals surface area contributed by atoms with Gasteiger partial charge in [0.25, 0.3) is 0 Å². The highest BCUT2D eigenvalue weighted by molar-refractivity contribution is 9.09. The molecule has 0 aliphatic rings. The Morgan fingerprint density at radius 1 is 1.44 bits per heavy atom. The molecular formula is C9H8BrF3N2O. The summed E-state index contributed by atoms with van der Waals surface area (Å²) in [4.78, 5) is 14.1. The van der Waals surface area contributed by atoms with Crippen molar-refractivity contribution in [2.75, 3.05) is 5.33 Å². The van der Waals surface area contributed by atoms with Gasteiger partial charge in [-0.2, -0.15) is 13.2 Å². The average Bonchev–Trinajstić information content (AvgIpc) is 2.25. The third-order valence-electron chi connectivity index (χ3n) is 1.73. The zero-order chi connectivity index (χ0) is 12.2. The Balaban J connectivity index is 2.62. The van der Waals surface area contributed by atoms with Gasteiger partial charge in [-0.25, -0.2) is 0 Å². The molecule has 88 valence electrons. The van der Waals surface area contributed by atoms with E-state index in [2.05, 4.69) is 26.2 Å². The molecule has 0 saturated heterocycles. The number of amides is 1. The maximum Gasteiger partial charge on any atom is 0.433 e. The lowest BCUT2D eigenvalue weighted by Gasteiger charge is -2.07. The third-order valence-corrected chi connectivity index (χ3v) is 2.24. The van der Waals surface area contributed by atoms with Gasteiger partial charge in [-0.15, -0.1) is 0 Å². The van der Waals surface area contributed by atoms with Crippen LogP contribution in [0.4, 0.5) is 13.2 Å². The molecule has 0 spiro atoms. The van der Waals surface area contributed by atoms with Crippen LogP contribution in [-0.2, 0) is 17.5 Å². The van der Waals surface area contributed by atoms with Crippen LogP contribution < -0.4 is 5.32 Å². The van der Waals surface area contributed by atoms with Crippen molar-refractivity contribution in [2.45, 2.75) is 12.7 Å². The highest BCUT2D eigenvalue weighted by Gasteiger charge is 2.31. The van der Waals surface area contributed by atoms with Gasteiger partial charge in [-0.3, -0.25) is 9.78 Å². The molecule has 0 radical (unpaired) electrons. The second-order valence-electron chi connectivity index (χ2n) is 2.96. The molecule has 7 heteroatoms. The molecule has 1 N–H and O–H groups in total. The Labute approximate surface area is 98.2 Å². The molecule has 1 heterocycles. The van der Waals surface area contributed by atoms with Crippen molar-refractivity contribution in [2.24, 2.45) is 0 Å². The summed E-state index contributed by atoms with van der Waals surface area (Å²) in [7, 11) is 0. The number of nitrogens with one attached hydrogen (secondary N) is 1. The molecule has 0 bridgehead atoms. The summed E-state index contributed by atoms with van der Waals surface area (Å²) in [6, 6.07) is 2.17. The number of rotatable bonds is 3. The van der Waals surface area contributed by atoms with Gasteiger partial charge in [-0.1, -0.05) is 22.0 Å². The molecule has 0 atom stereocenters. The predicted molar refractivity (Wildman–Crippen MR) is 54.9 cm³/mol. The highest BCUT2D eigenvalue weighted by Crippen LogP contribution is 2.27. The lowest BCUT2D eigenvalue weighted by Crippen LogP contribution is -2.23. The molecule has 0 saturated carbocycles. The molecule has 16 heavy (non-hydrogen) atoms. The standard InChI is InChI=1S/C9H8BrF3N2O/c10-3-8(16)15-5-6-1-2-7(14-4-6)9(11,12)13/h1-2,4H,3,5H2,(H,15,16). The number of carbonyl (C=O) groups excluding carboxylic acids is 1. The van der Waals surface area contributed by atoms with E-state index in [-0.39, 0.29) is 17.8 Å². The van der Waals surface area contributed by atoms with Crippen LogP contribution in [-0.4, -0.2) is 16.2 Å². The van der Waals surface area contributed by atoms with Crippen LogP contribution >= 0.6 is 15.9 Å². The second-order valence-corrected chi connectivity index (χ2v) is 3.52. The van der Waals surface area contributed by atoms with Crippen LogP contribution in [0.1, 0.15) is 11.3 Å². The summed E-state index contributed by atoms with van der Waals surface area (Å²) in [5, 5.41) is 2.65. The molecule has 1 rings (SSSR count). The first-order valence-electron chi connectivity index (χ1n) is 4.28. The van der Waals surface area contributed by atoms with E-state index in [0.717, 1.165) is 12.3 Å². The van der Waals surface area contributed by atoms with E-state index in [9.17, 15) is 18.0 Å². The van der Waals surface area contributed by atoms with Crippen molar-refractivity contribution < 1.29 is 18.0 Å². The van der Waals surface area contributed by atoms with Gasteiger partial charge >= 0.3 is 6.18 Å². The Morgan fingerprint density at radius 2 is 2.12 bits per heavy atom. The number of aromatic nitrogens is 1. The fourth-order valence-electron chi connectivity index (χ4n) is 0.945. The Kier molecular flexibility index (Phi) is 4.28. The van der Waals surface area contributed by atoms with Crippen LogP contribution in [0.3, 0.4) is 0 Å². The number of halogens is 4. The first-order valence-corrected chi connectivity index (χ1v) is 5.40. The van der Waals surface area contributed by atoms with Gasteiger partial charge < -0.3 is 5.32 Å². The SMILES string of the molecule is O=C(CBr)NCc1ccc(C(F)(F)F)nc1. The monoisotopic (exact) mass is 296 g/mol. The maximum absolute atomic E-state index is 12.1. The van der Waals surface area contributed by atoms with Gasteiger partial charge in [0.1, 0.15) is 5.69 Å². The number of nitrogens with zero attached hydrogens (tertiary/aromatic N) is 1. The molecule has 1 aromatic heterocycles. The number of alkyl halides is 4. The van der Waals surface area contributed by atoms with Crippen molar-refractivity contribution >= 4 is 21.8 Å². The Bertz CT molecular complexity index is 364. The van der Waals surface area contributed by atoms with Crippen LogP contribution in [0.25, 0.3) is 0 Å². The number of carbonyl (C=O) groups is 1. The predicted octanol–water partition coefficient (Wildman–Crippen LogP) is 2.11. The maximum atomic E-state index is 12.1. The number of hydrogen-bond donors (Lipinski definition) is 1. The van der Waals surface area contributed by atoms with E-state index in [4.69, 9.17) is 0 Å². The molecule has 1 aromatic rings. The Morgan fingerprint density at radius 3 is 2.56 bits per heavy atom. The molecule has 1 amide bonds. The minimum atomic E-state index is -4.43. The third kappa shape index (κ3) is 3.80. The smallest absolute Gasteiger partial charge is 0.351 e. The zero-order valence-corrected chi connectivity index (χ0v) is 9.60. The van der Waals surface area contributed by atoms with E-state index in [0.29, 0.717) is 5.56 Å². The van der Waals surface area contributed by atoms with E-state index in [1.54, 1.807) is 0 Å². The van der Waals surface area contributed by atoms with Crippen molar-refractivity contribution in [3.63, 3.8) is 0 Å². The van der Waals surface area contributed by atoms with Gasteiger partial charge in [0, 0.05) is 12.7 Å². The molecule has 3 nitrogen and oxygen atoms in total. The van der Waals surface area contributed by atoms with Gasteiger partial charge in [0.2, 0.25) is 5.91 Å². The Hall–Kier alpha value is -1.11. The fraction of sp³-hybridized carbons (Fsp3) is 0.333.